The Kier molecular flexibility index (Phi) is 6.44. The van der Waals surface area contributed by atoms with E-state index in [9.17, 15) is 0 Å². The van der Waals surface area contributed by atoms with Crippen LogP contribution in [0.3, 0.4) is 0 Å². The van der Waals surface area contributed by atoms with Gasteiger partial charge in [0.25, 0.3) is 0 Å². The lowest BCUT2D eigenvalue weighted by Gasteiger charge is -2.25. The summed E-state index contributed by atoms with van der Waals surface area (Å²) in [5.74, 6) is 6.96. The third kappa shape index (κ3) is 4.47. The van der Waals surface area contributed by atoms with E-state index in [-0.39, 0.29) is 0 Å². The van der Waals surface area contributed by atoms with Gasteiger partial charge in [-0.1, -0.05) is 67.8 Å². The quantitative estimate of drug-likeness (QED) is 0.162. The van der Waals surface area contributed by atoms with Crippen molar-refractivity contribution in [2.45, 2.75) is 44.6 Å². The van der Waals surface area contributed by atoms with Crippen molar-refractivity contribution >= 4 is 11.4 Å². The SMILES string of the molecule is NN/N=C(\N)c1cnn2c(C3CCCCC3)c(-c3ccc(OCc4ccccc4)cc3)ccc12. The standard InChI is InChI=1S/C27H30N6O/c28-27(31-32-29)24-17-30-33-25(24)16-15-23(26(33)21-9-5-2-6-10-21)20-11-13-22(14-12-20)34-18-19-7-3-1-4-8-19/h1,3-4,7-8,11-17,21,32H,2,5-6,9-10,18,29H2,(H2,28,31). The zero-order valence-corrected chi connectivity index (χ0v) is 19.2. The molecule has 7 heteroatoms. The van der Waals surface area contributed by atoms with Crippen molar-refractivity contribution in [3.63, 3.8) is 0 Å². The Morgan fingerprint density at radius 1 is 1.00 bits per heavy atom. The van der Waals surface area contributed by atoms with Crippen LogP contribution in [0, 0.1) is 0 Å². The summed E-state index contributed by atoms with van der Waals surface area (Å²) in [6, 6.07) is 22.8. The van der Waals surface area contributed by atoms with Crippen molar-refractivity contribution < 1.29 is 4.74 Å². The fourth-order valence-corrected chi connectivity index (χ4v) is 4.88. The van der Waals surface area contributed by atoms with Crippen molar-refractivity contribution in [3.05, 3.63) is 89.7 Å². The van der Waals surface area contributed by atoms with Crippen molar-refractivity contribution in [3.8, 4) is 16.9 Å². The molecular formula is C27H30N6O. The number of nitrogens with two attached hydrogens (primary N) is 2. The number of benzene rings is 2. The minimum atomic E-state index is 0.319. The number of nitrogens with zero attached hydrogens (tertiary/aromatic N) is 3. The molecule has 4 aromatic rings. The fraction of sp³-hybridized carbons (Fsp3) is 0.259. The molecule has 0 amide bonds. The van der Waals surface area contributed by atoms with Crippen molar-refractivity contribution in [2.24, 2.45) is 16.7 Å². The average Bonchev–Trinajstić information content (AvgIpc) is 3.33. The Hall–Kier alpha value is -3.84. The zero-order valence-electron chi connectivity index (χ0n) is 19.2. The number of hydrogen-bond acceptors (Lipinski definition) is 5. The minimum absolute atomic E-state index is 0.319. The molecule has 0 saturated heterocycles. The summed E-state index contributed by atoms with van der Waals surface area (Å²) in [5.41, 5.74) is 14.8. The molecule has 7 nitrogen and oxygen atoms in total. The van der Waals surface area contributed by atoms with Crippen LogP contribution in [-0.4, -0.2) is 15.4 Å². The largest absolute Gasteiger partial charge is 0.489 e. The first-order valence-corrected chi connectivity index (χ1v) is 11.8. The highest BCUT2D eigenvalue weighted by atomic mass is 16.5. The highest BCUT2D eigenvalue weighted by Gasteiger charge is 2.24. The van der Waals surface area contributed by atoms with Crippen LogP contribution in [0.4, 0.5) is 0 Å². The maximum atomic E-state index is 6.12. The molecule has 5 rings (SSSR count). The van der Waals surface area contributed by atoms with Gasteiger partial charge in [0, 0.05) is 11.5 Å². The predicted molar refractivity (Wildman–Crippen MR) is 135 cm³/mol. The van der Waals surface area contributed by atoms with Crippen molar-refractivity contribution in [2.75, 3.05) is 0 Å². The fourth-order valence-electron chi connectivity index (χ4n) is 4.88. The molecule has 1 aliphatic carbocycles. The van der Waals surface area contributed by atoms with Gasteiger partial charge in [-0.25, -0.2) is 15.9 Å². The maximum absolute atomic E-state index is 6.12. The molecule has 34 heavy (non-hydrogen) atoms. The predicted octanol–water partition coefficient (Wildman–Crippen LogP) is 4.71. The second-order valence-electron chi connectivity index (χ2n) is 8.75. The molecule has 5 N–H and O–H groups in total. The van der Waals surface area contributed by atoms with Gasteiger partial charge in [-0.05, 0) is 42.2 Å². The van der Waals surface area contributed by atoms with Gasteiger partial charge < -0.3 is 10.5 Å². The number of fused-ring (bicyclic) bond motifs is 1. The number of pyridine rings is 1. The van der Waals surface area contributed by atoms with Crippen molar-refractivity contribution in [1.29, 1.82) is 0 Å². The highest BCUT2D eigenvalue weighted by Crippen LogP contribution is 2.39. The normalized spacial score (nSPS) is 14.9. The maximum Gasteiger partial charge on any atom is 0.155 e. The second-order valence-corrected chi connectivity index (χ2v) is 8.75. The first-order valence-electron chi connectivity index (χ1n) is 11.8. The lowest BCUT2D eigenvalue weighted by atomic mass is 9.83. The van der Waals surface area contributed by atoms with Crippen LogP contribution in [0.1, 0.15) is 54.8 Å². The third-order valence-corrected chi connectivity index (χ3v) is 6.58. The van der Waals surface area contributed by atoms with Crippen LogP contribution in [0.15, 0.2) is 78.0 Å². The first kappa shape index (κ1) is 22.0. The van der Waals surface area contributed by atoms with Gasteiger partial charge in [-0.2, -0.15) is 5.10 Å². The Bertz CT molecular complexity index is 1270. The van der Waals surface area contributed by atoms with Crippen LogP contribution in [-0.2, 0) is 6.61 Å². The Balaban J connectivity index is 1.50. The van der Waals surface area contributed by atoms with Gasteiger partial charge in [0.15, 0.2) is 5.84 Å². The second kappa shape index (κ2) is 9.97. The summed E-state index contributed by atoms with van der Waals surface area (Å²) in [7, 11) is 0. The molecule has 1 fully saturated rings. The van der Waals surface area contributed by atoms with Gasteiger partial charge in [0.2, 0.25) is 0 Å². The molecule has 1 aliphatic rings. The average molecular weight is 455 g/mol. The summed E-state index contributed by atoms with van der Waals surface area (Å²) < 4.78 is 8.03. The number of ether oxygens (including phenoxy) is 1. The first-order chi connectivity index (χ1) is 16.7. The molecule has 0 bridgehead atoms. The van der Waals surface area contributed by atoms with Gasteiger partial charge in [-0.15, -0.1) is 5.10 Å². The molecule has 0 unspecified atom stereocenters. The topological polar surface area (TPSA) is 103 Å². The van der Waals surface area contributed by atoms with Crippen molar-refractivity contribution in [1.82, 2.24) is 15.1 Å². The molecule has 0 radical (unpaired) electrons. The van der Waals surface area contributed by atoms with E-state index in [2.05, 4.69) is 47.0 Å². The number of nitrogens with one attached hydrogen (secondary N) is 1. The van der Waals surface area contributed by atoms with E-state index in [0.717, 1.165) is 40.8 Å². The monoisotopic (exact) mass is 454 g/mol. The summed E-state index contributed by atoms with van der Waals surface area (Å²) in [6.45, 7) is 0.552. The minimum Gasteiger partial charge on any atom is -0.489 e. The molecule has 0 atom stereocenters. The molecule has 0 aliphatic heterocycles. The van der Waals surface area contributed by atoms with Crippen LogP contribution in [0.5, 0.6) is 5.75 Å². The molecule has 2 aromatic carbocycles. The van der Waals surface area contributed by atoms with E-state index in [1.54, 1.807) is 6.20 Å². The number of hydrazone groups is 1. The summed E-state index contributed by atoms with van der Waals surface area (Å²) in [4.78, 5) is 0. The van der Waals surface area contributed by atoms with Crippen LogP contribution in [0.25, 0.3) is 16.6 Å². The molecule has 174 valence electrons. The summed E-state index contributed by atoms with van der Waals surface area (Å²) in [5, 5.41) is 8.67. The Morgan fingerprint density at radius 3 is 2.50 bits per heavy atom. The van der Waals surface area contributed by atoms with Gasteiger partial charge >= 0.3 is 0 Å². The lowest BCUT2D eigenvalue weighted by molar-refractivity contribution is 0.306. The number of hydrazine groups is 1. The number of rotatable bonds is 7. The molecule has 2 heterocycles. The molecule has 2 aromatic heterocycles. The van der Waals surface area contributed by atoms with Crippen LogP contribution in [0.2, 0.25) is 0 Å². The van der Waals surface area contributed by atoms with E-state index in [1.807, 2.05) is 34.8 Å². The number of hydrogen-bond donors (Lipinski definition) is 3. The Labute approximate surface area is 199 Å². The smallest absolute Gasteiger partial charge is 0.155 e. The molecule has 1 saturated carbocycles. The molecular weight excluding hydrogens is 424 g/mol. The highest BCUT2D eigenvalue weighted by molar-refractivity contribution is 6.03. The number of aromatic nitrogens is 2. The summed E-state index contributed by atoms with van der Waals surface area (Å²) in [6.07, 6.45) is 7.85. The Morgan fingerprint density at radius 2 is 1.76 bits per heavy atom. The van der Waals surface area contributed by atoms with E-state index in [4.69, 9.17) is 21.4 Å². The lowest BCUT2D eigenvalue weighted by Crippen LogP contribution is -2.23. The van der Waals surface area contributed by atoms with E-state index in [0.29, 0.717) is 18.4 Å². The van der Waals surface area contributed by atoms with Gasteiger partial charge in [0.05, 0.1) is 23.0 Å². The van der Waals surface area contributed by atoms with E-state index >= 15 is 0 Å². The summed E-state index contributed by atoms with van der Waals surface area (Å²) >= 11 is 0. The number of amidine groups is 1. The third-order valence-electron chi connectivity index (χ3n) is 6.58. The van der Waals surface area contributed by atoms with E-state index in [1.165, 1.54) is 30.5 Å². The van der Waals surface area contributed by atoms with Gasteiger partial charge in [0.1, 0.15) is 12.4 Å². The zero-order chi connectivity index (χ0) is 23.3. The van der Waals surface area contributed by atoms with Gasteiger partial charge in [-0.3, -0.25) is 0 Å². The van der Waals surface area contributed by atoms with E-state index < -0.39 is 0 Å². The van der Waals surface area contributed by atoms with Crippen LogP contribution < -0.4 is 21.8 Å². The van der Waals surface area contributed by atoms with Crippen LogP contribution >= 0.6 is 0 Å². The molecule has 0 spiro atoms.